The number of hydrogen-bond acceptors (Lipinski definition) is 7. The zero-order valence-corrected chi connectivity index (χ0v) is 22.1. The minimum Gasteiger partial charge on any atom is -0.493 e. The number of ketones is 1. The summed E-state index contributed by atoms with van der Waals surface area (Å²) in [4.78, 5) is 28.1. The molecule has 0 saturated carbocycles. The van der Waals surface area contributed by atoms with Crippen molar-refractivity contribution < 1.29 is 27.8 Å². The Bertz CT molecular complexity index is 1440. The van der Waals surface area contributed by atoms with Gasteiger partial charge < -0.3 is 29.0 Å². The molecule has 1 fully saturated rings. The Hall–Kier alpha value is -3.92. The first-order valence-corrected chi connectivity index (χ1v) is 12.3. The van der Waals surface area contributed by atoms with Gasteiger partial charge in [-0.15, -0.1) is 0 Å². The Balaban J connectivity index is 1.77. The average molecular weight is 528 g/mol. The summed E-state index contributed by atoms with van der Waals surface area (Å²) in [6, 6.07) is 4.40. The molecule has 0 bridgehead atoms. The quantitative estimate of drug-likeness (QED) is 0.350. The van der Waals surface area contributed by atoms with Gasteiger partial charge in [-0.2, -0.15) is 0 Å². The number of hydrogen-bond donors (Lipinski definition) is 1. The normalized spacial score (nSPS) is 15.8. The van der Waals surface area contributed by atoms with Gasteiger partial charge in [0.2, 0.25) is 11.2 Å². The lowest BCUT2D eigenvalue weighted by molar-refractivity contribution is 0.104. The van der Waals surface area contributed by atoms with Gasteiger partial charge in [-0.3, -0.25) is 9.59 Å². The Morgan fingerprint density at radius 2 is 1.82 bits per heavy atom. The predicted molar refractivity (Wildman–Crippen MR) is 143 cm³/mol. The Labute approximate surface area is 219 Å². The van der Waals surface area contributed by atoms with E-state index < -0.39 is 22.8 Å². The molecule has 1 N–H and O–H groups in total. The number of nitrogens with one attached hydrogen (secondary N) is 1. The largest absolute Gasteiger partial charge is 0.493 e. The van der Waals surface area contributed by atoms with Crippen molar-refractivity contribution in [1.29, 1.82) is 0 Å². The van der Waals surface area contributed by atoms with Crippen molar-refractivity contribution >= 4 is 28.4 Å². The predicted octanol–water partition coefficient (Wildman–Crippen LogP) is 4.02. The molecular formula is C28H31F2N3O5. The number of methoxy groups -OCH3 is 3. The standard InChI is InChI=1S/C28H31F2N3O5/c1-6-32-15-19(21(34)8-7-17-11-22(36-3)28(38-5)23(12-17)37-4)27(35)18-13-20(29)26(24(30)25(18)32)33-10-9-31-16(2)14-33/h7-8,11-13,15-16,31H,6,9-10,14H2,1-5H3. The second-order valence-electron chi connectivity index (χ2n) is 9.03. The van der Waals surface area contributed by atoms with Gasteiger partial charge in [-0.25, -0.2) is 8.78 Å². The first-order valence-electron chi connectivity index (χ1n) is 12.3. The van der Waals surface area contributed by atoms with Gasteiger partial charge in [-0.1, -0.05) is 6.08 Å². The second-order valence-corrected chi connectivity index (χ2v) is 9.03. The smallest absolute Gasteiger partial charge is 0.203 e. The molecule has 1 saturated heterocycles. The molecule has 0 aliphatic carbocycles. The molecule has 202 valence electrons. The van der Waals surface area contributed by atoms with Crippen molar-refractivity contribution in [1.82, 2.24) is 9.88 Å². The van der Waals surface area contributed by atoms with Crippen LogP contribution in [0.15, 0.2) is 35.3 Å². The minimum atomic E-state index is -0.832. The maximum atomic E-state index is 15.8. The van der Waals surface area contributed by atoms with Gasteiger partial charge in [0.1, 0.15) is 11.5 Å². The summed E-state index contributed by atoms with van der Waals surface area (Å²) < 4.78 is 48.5. The van der Waals surface area contributed by atoms with E-state index in [0.717, 1.165) is 6.07 Å². The Kier molecular flexibility index (Phi) is 8.01. The van der Waals surface area contributed by atoms with Gasteiger partial charge in [-0.05, 0) is 43.7 Å². The summed E-state index contributed by atoms with van der Waals surface area (Å²) in [5, 5.41) is 3.07. The van der Waals surface area contributed by atoms with Crippen molar-refractivity contribution in [3.63, 3.8) is 0 Å². The van der Waals surface area contributed by atoms with Crippen LogP contribution in [0.5, 0.6) is 17.2 Å². The Morgan fingerprint density at radius 1 is 1.13 bits per heavy atom. The molecule has 4 rings (SSSR count). The first kappa shape index (κ1) is 27.1. The van der Waals surface area contributed by atoms with E-state index >= 15 is 8.78 Å². The number of rotatable bonds is 8. The van der Waals surface area contributed by atoms with Gasteiger partial charge in [0.25, 0.3) is 0 Å². The third kappa shape index (κ3) is 4.96. The molecule has 2 aromatic carbocycles. The summed E-state index contributed by atoms with van der Waals surface area (Å²) >= 11 is 0. The monoisotopic (exact) mass is 527 g/mol. The van der Waals surface area contributed by atoms with Crippen molar-refractivity contribution in [3.8, 4) is 17.2 Å². The number of fused-ring (bicyclic) bond motifs is 1. The highest BCUT2D eigenvalue weighted by molar-refractivity contribution is 6.08. The molecule has 1 aliphatic rings. The van der Waals surface area contributed by atoms with Crippen LogP contribution in [0.4, 0.5) is 14.5 Å². The molecule has 0 radical (unpaired) electrons. The van der Waals surface area contributed by atoms with E-state index in [2.05, 4.69) is 5.32 Å². The molecule has 8 nitrogen and oxygen atoms in total. The number of carbonyl (C=O) groups is 1. The zero-order chi connectivity index (χ0) is 27.6. The lowest BCUT2D eigenvalue weighted by Gasteiger charge is -2.34. The fraction of sp³-hybridized carbons (Fsp3) is 0.357. The molecule has 1 atom stereocenters. The van der Waals surface area contributed by atoms with Crippen LogP contribution in [0, 0.1) is 11.6 Å². The van der Waals surface area contributed by atoms with Crippen LogP contribution in [-0.2, 0) is 6.54 Å². The highest BCUT2D eigenvalue weighted by Crippen LogP contribution is 2.38. The SMILES string of the molecule is CCn1cc(C(=O)C=Cc2cc(OC)c(OC)c(OC)c2)c(=O)c2cc(F)c(N3CCNC(C)C3)c(F)c21. The van der Waals surface area contributed by atoms with Gasteiger partial charge in [0.05, 0.1) is 37.8 Å². The van der Waals surface area contributed by atoms with Crippen LogP contribution in [0.1, 0.15) is 29.8 Å². The number of pyridine rings is 1. The van der Waals surface area contributed by atoms with Crippen LogP contribution in [0.3, 0.4) is 0 Å². The first-order chi connectivity index (χ1) is 18.2. The molecular weight excluding hydrogens is 496 g/mol. The van der Waals surface area contributed by atoms with E-state index in [1.807, 2.05) is 6.92 Å². The minimum absolute atomic E-state index is 0.0229. The Morgan fingerprint density at radius 3 is 2.39 bits per heavy atom. The lowest BCUT2D eigenvalue weighted by Crippen LogP contribution is -2.49. The number of carbonyl (C=O) groups excluding carboxylic acids is 1. The van der Waals surface area contributed by atoms with E-state index in [1.54, 1.807) is 24.0 Å². The number of allylic oxidation sites excluding steroid dienone is 1. The molecule has 0 spiro atoms. The third-order valence-electron chi connectivity index (χ3n) is 6.63. The number of aromatic nitrogens is 1. The summed E-state index contributed by atoms with van der Waals surface area (Å²) in [6.45, 7) is 5.42. The van der Waals surface area contributed by atoms with Gasteiger partial charge in [0.15, 0.2) is 23.1 Å². The second kappa shape index (κ2) is 11.2. The molecule has 1 aromatic heterocycles. The maximum Gasteiger partial charge on any atom is 0.203 e. The van der Waals surface area contributed by atoms with Crippen molar-refractivity contribution in [2.24, 2.45) is 0 Å². The molecule has 1 unspecified atom stereocenters. The van der Waals surface area contributed by atoms with E-state index in [4.69, 9.17) is 14.2 Å². The fourth-order valence-corrected chi connectivity index (χ4v) is 4.79. The number of anilines is 1. The van der Waals surface area contributed by atoms with E-state index in [0.29, 0.717) is 42.4 Å². The van der Waals surface area contributed by atoms with Crippen LogP contribution >= 0.6 is 0 Å². The van der Waals surface area contributed by atoms with Crippen molar-refractivity contribution in [2.45, 2.75) is 26.4 Å². The molecule has 3 aromatic rings. The number of halogens is 2. The summed E-state index contributed by atoms with van der Waals surface area (Å²) in [7, 11) is 4.44. The topological polar surface area (TPSA) is 82.0 Å². The summed E-state index contributed by atoms with van der Waals surface area (Å²) in [6.07, 6.45) is 4.06. The number of piperazine rings is 1. The molecule has 38 heavy (non-hydrogen) atoms. The average Bonchev–Trinajstić information content (AvgIpc) is 2.91. The molecule has 2 heterocycles. The fourth-order valence-electron chi connectivity index (χ4n) is 4.79. The van der Waals surface area contributed by atoms with Crippen LogP contribution in [-0.4, -0.2) is 57.4 Å². The van der Waals surface area contributed by atoms with Gasteiger partial charge >= 0.3 is 0 Å². The molecule has 1 aliphatic heterocycles. The lowest BCUT2D eigenvalue weighted by atomic mass is 10.0. The van der Waals surface area contributed by atoms with Crippen LogP contribution in [0.25, 0.3) is 17.0 Å². The van der Waals surface area contributed by atoms with Crippen molar-refractivity contribution in [3.05, 3.63) is 63.5 Å². The maximum absolute atomic E-state index is 15.8. The number of benzene rings is 2. The van der Waals surface area contributed by atoms with Crippen LogP contribution in [0.2, 0.25) is 0 Å². The zero-order valence-electron chi connectivity index (χ0n) is 22.1. The van der Waals surface area contributed by atoms with Gasteiger partial charge in [0, 0.05) is 38.4 Å². The van der Waals surface area contributed by atoms with E-state index in [-0.39, 0.29) is 34.7 Å². The number of aryl methyl sites for hydroxylation is 1. The molecule has 10 heteroatoms. The molecule has 0 amide bonds. The number of ether oxygens (including phenoxy) is 3. The highest BCUT2D eigenvalue weighted by Gasteiger charge is 2.27. The van der Waals surface area contributed by atoms with E-state index in [1.165, 1.54) is 44.2 Å². The third-order valence-corrected chi connectivity index (χ3v) is 6.63. The van der Waals surface area contributed by atoms with Crippen LogP contribution < -0.4 is 29.9 Å². The van der Waals surface area contributed by atoms with E-state index in [9.17, 15) is 9.59 Å². The summed E-state index contributed by atoms with van der Waals surface area (Å²) in [5.74, 6) is -1.04. The highest BCUT2D eigenvalue weighted by atomic mass is 19.1. The summed E-state index contributed by atoms with van der Waals surface area (Å²) in [5.41, 5.74) is -0.539. The number of nitrogens with zero attached hydrogens (tertiary/aromatic N) is 2. The van der Waals surface area contributed by atoms with Crippen molar-refractivity contribution in [2.75, 3.05) is 45.9 Å².